The molecule has 1 aliphatic rings. The van der Waals surface area contributed by atoms with E-state index in [0.29, 0.717) is 12.2 Å². The molecule has 0 bridgehead atoms. The Kier molecular flexibility index (Phi) is 6.80. The fraction of sp³-hybridized carbons (Fsp3) is 0.458. The quantitative estimate of drug-likeness (QED) is 0.774. The molecule has 0 aliphatic carbocycles. The summed E-state index contributed by atoms with van der Waals surface area (Å²) in [5, 5.41) is 2.97. The second-order valence-corrected chi connectivity index (χ2v) is 8.42. The SMILES string of the molecule is CC[C@H](Oc1ccc(C(C)(C)C)cc1)C(=O)Nc1ccc(N2CCOCC2)cc1. The Morgan fingerprint density at radius 2 is 1.69 bits per heavy atom. The van der Waals surface area contributed by atoms with E-state index in [0.717, 1.165) is 37.7 Å². The molecule has 29 heavy (non-hydrogen) atoms. The van der Waals surface area contributed by atoms with Crippen molar-refractivity contribution in [3.8, 4) is 5.75 Å². The lowest BCUT2D eigenvalue weighted by Gasteiger charge is -2.29. The maximum atomic E-state index is 12.7. The lowest BCUT2D eigenvalue weighted by molar-refractivity contribution is -0.122. The van der Waals surface area contributed by atoms with Crippen molar-refractivity contribution in [2.75, 3.05) is 36.5 Å². The normalized spacial score (nSPS) is 15.7. The summed E-state index contributed by atoms with van der Waals surface area (Å²) in [7, 11) is 0. The average molecular weight is 397 g/mol. The highest BCUT2D eigenvalue weighted by atomic mass is 16.5. The molecule has 1 heterocycles. The third-order valence-electron chi connectivity index (χ3n) is 5.17. The van der Waals surface area contributed by atoms with E-state index >= 15 is 0 Å². The third-order valence-corrected chi connectivity index (χ3v) is 5.17. The molecule has 0 radical (unpaired) electrons. The smallest absolute Gasteiger partial charge is 0.265 e. The number of hydrogen-bond donors (Lipinski definition) is 1. The molecular formula is C24H32N2O3. The fourth-order valence-corrected chi connectivity index (χ4v) is 3.32. The lowest BCUT2D eigenvalue weighted by Crippen LogP contribution is -2.36. The van der Waals surface area contributed by atoms with Crippen molar-refractivity contribution in [1.82, 2.24) is 0 Å². The number of carbonyl (C=O) groups excluding carboxylic acids is 1. The van der Waals surface area contributed by atoms with Gasteiger partial charge in [-0.05, 0) is 53.8 Å². The summed E-state index contributed by atoms with van der Waals surface area (Å²) >= 11 is 0. The number of nitrogens with one attached hydrogen (secondary N) is 1. The van der Waals surface area contributed by atoms with Crippen molar-refractivity contribution < 1.29 is 14.3 Å². The molecule has 5 heteroatoms. The van der Waals surface area contributed by atoms with Crippen LogP contribution in [-0.2, 0) is 14.9 Å². The van der Waals surface area contributed by atoms with Crippen molar-refractivity contribution in [2.24, 2.45) is 0 Å². The topological polar surface area (TPSA) is 50.8 Å². The van der Waals surface area contributed by atoms with E-state index in [-0.39, 0.29) is 11.3 Å². The third kappa shape index (κ3) is 5.73. The zero-order valence-corrected chi connectivity index (χ0v) is 17.9. The van der Waals surface area contributed by atoms with Gasteiger partial charge in [0.05, 0.1) is 13.2 Å². The molecule has 0 saturated carbocycles. The minimum Gasteiger partial charge on any atom is -0.481 e. The maximum Gasteiger partial charge on any atom is 0.265 e. The maximum absolute atomic E-state index is 12.7. The molecule has 0 aromatic heterocycles. The number of benzene rings is 2. The van der Waals surface area contributed by atoms with Gasteiger partial charge in [-0.1, -0.05) is 39.8 Å². The summed E-state index contributed by atoms with van der Waals surface area (Å²) in [6, 6.07) is 15.9. The van der Waals surface area contributed by atoms with Crippen LogP contribution in [0.1, 0.15) is 39.7 Å². The summed E-state index contributed by atoms with van der Waals surface area (Å²) in [6.45, 7) is 11.8. The molecule has 5 nitrogen and oxygen atoms in total. The van der Waals surface area contributed by atoms with Gasteiger partial charge in [0.15, 0.2) is 6.10 Å². The number of anilines is 2. The highest BCUT2D eigenvalue weighted by Gasteiger charge is 2.20. The Balaban J connectivity index is 1.59. The first kappa shape index (κ1) is 21.2. The molecule has 0 spiro atoms. The molecule has 2 aromatic rings. The van der Waals surface area contributed by atoms with E-state index < -0.39 is 6.10 Å². The summed E-state index contributed by atoms with van der Waals surface area (Å²) < 4.78 is 11.3. The number of amides is 1. The molecule has 1 amide bonds. The van der Waals surface area contributed by atoms with Gasteiger partial charge in [-0.2, -0.15) is 0 Å². The summed E-state index contributed by atoms with van der Waals surface area (Å²) in [4.78, 5) is 15.0. The molecular weight excluding hydrogens is 364 g/mol. The van der Waals surface area contributed by atoms with Crippen molar-refractivity contribution in [2.45, 2.75) is 45.6 Å². The van der Waals surface area contributed by atoms with Crippen LogP contribution in [0.15, 0.2) is 48.5 Å². The molecule has 3 rings (SSSR count). The van der Waals surface area contributed by atoms with E-state index in [4.69, 9.17) is 9.47 Å². The highest BCUT2D eigenvalue weighted by molar-refractivity contribution is 5.94. The van der Waals surface area contributed by atoms with E-state index in [9.17, 15) is 4.79 Å². The Hall–Kier alpha value is -2.53. The standard InChI is InChI=1S/C24H32N2O3/c1-5-22(29-21-12-6-18(7-13-21)24(2,3)4)23(27)25-19-8-10-20(11-9-19)26-14-16-28-17-15-26/h6-13,22H,5,14-17H2,1-4H3,(H,25,27)/t22-/m0/s1. The van der Waals surface area contributed by atoms with Crippen LogP contribution in [0.3, 0.4) is 0 Å². The van der Waals surface area contributed by atoms with E-state index in [1.165, 1.54) is 5.56 Å². The van der Waals surface area contributed by atoms with Crippen LogP contribution in [0.2, 0.25) is 0 Å². The molecule has 1 N–H and O–H groups in total. The van der Waals surface area contributed by atoms with Crippen molar-refractivity contribution in [1.29, 1.82) is 0 Å². The Morgan fingerprint density at radius 1 is 1.07 bits per heavy atom. The number of carbonyl (C=O) groups is 1. The molecule has 1 saturated heterocycles. The van der Waals surface area contributed by atoms with Gasteiger partial charge in [0, 0.05) is 24.5 Å². The predicted molar refractivity (Wildman–Crippen MR) is 118 cm³/mol. The average Bonchev–Trinajstić information content (AvgIpc) is 2.73. The summed E-state index contributed by atoms with van der Waals surface area (Å²) in [5.74, 6) is 0.578. The Bertz CT molecular complexity index is 788. The van der Waals surface area contributed by atoms with Crippen molar-refractivity contribution in [3.63, 3.8) is 0 Å². The first-order valence-electron chi connectivity index (χ1n) is 10.4. The fourth-order valence-electron chi connectivity index (χ4n) is 3.32. The van der Waals surface area contributed by atoms with E-state index in [1.54, 1.807) is 0 Å². The van der Waals surface area contributed by atoms with Crippen LogP contribution in [0.4, 0.5) is 11.4 Å². The molecule has 1 atom stereocenters. The Morgan fingerprint density at radius 3 is 2.24 bits per heavy atom. The first-order chi connectivity index (χ1) is 13.9. The highest BCUT2D eigenvalue weighted by Crippen LogP contribution is 2.25. The van der Waals surface area contributed by atoms with Gasteiger partial charge in [-0.3, -0.25) is 4.79 Å². The van der Waals surface area contributed by atoms with Gasteiger partial charge < -0.3 is 19.7 Å². The van der Waals surface area contributed by atoms with Crippen molar-refractivity contribution in [3.05, 3.63) is 54.1 Å². The van der Waals surface area contributed by atoms with Gasteiger partial charge >= 0.3 is 0 Å². The minimum atomic E-state index is -0.533. The van der Waals surface area contributed by atoms with Gasteiger partial charge in [0.25, 0.3) is 5.91 Å². The number of hydrogen-bond acceptors (Lipinski definition) is 4. The number of morpholine rings is 1. The number of ether oxygens (including phenoxy) is 2. The molecule has 2 aromatic carbocycles. The molecule has 1 aliphatic heterocycles. The number of nitrogens with zero attached hydrogens (tertiary/aromatic N) is 1. The van der Waals surface area contributed by atoms with Crippen LogP contribution < -0.4 is 15.0 Å². The molecule has 1 fully saturated rings. The number of rotatable bonds is 6. The van der Waals surface area contributed by atoms with Crippen LogP contribution in [0.25, 0.3) is 0 Å². The van der Waals surface area contributed by atoms with Gasteiger partial charge in [0.2, 0.25) is 0 Å². The molecule has 156 valence electrons. The van der Waals surface area contributed by atoms with Gasteiger partial charge in [0.1, 0.15) is 5.75 Å². The predicted octanol–water partition coefficient (Wildman–Crippen LogP) is 4.62. The summed E-state index contributed by atoms with van der Waals surface area (Å²) in [6.07, 6.45) is 0.0630. The second-order valence-electron chi connectivity index (χ2n) is 8.42. The largest absolute Gasteiger partial charge is 0.481 e. The van der Waals surface area contributed by atoms with Crippen LogP contribution in [-0.4, -0.2) is 38.3 Å². The Labute approximate surface area is 174 Å². The zero-order chi connectivity index (χ0) is 20.9. The van der Waals surface area contributed by atoms with Gasteiger partial charge in [-0.25, -0.2) is 0 Å². The van der Waals surface area contributed by atoms with Crippen molar-refractivity contribution >= 4 is 17.3 Å². The van der Waals surface area contributed by atoms with E-state index in [2.05, 4.69) is 43.1 Å². The first-order valence-corrected chi connectivity index (χ1v) is 10.4. The minimum absolute atomic E-state index is 0.0907. The lowest BCUT2D eigenvalue weighted by atomic mass is 9.87. The second kappa shape index (κ2) is 9.31. The zero-order valence-electron chi connectivity index (χ0n) is 17.9. The monoisotopic (exact) mass is 396 g/mol. The van der Waals surface area contributed by atoms with Crippen LogP contribution in [0.5, 0.6) is 5.75 Å². The summed E-state index contributed by atoms with van der Waals surface area (Å²) in [5.41, 5.74) is 3.25. The van der Waals surface area contributed by atoms with E-state index in [1.807, 2.05) is 43.3 Å². The van der Waals surface area contributed by atoms with Crippen LogP contribution >= 0.6 is 0 Å². The van der Waals surface area contributed by atoms with Crippen LogP contribution in [0, 0.1) is 0 Å². The van der Waals surface area contributed by atoms with Gasteiger partial charge in [-0.15, -0.1) is 0 Å². The molecule has 0 unspecified atom stereocenters.